The molecule has 0 bridgehead atoms. The zero-order valence-electron chi connectivity index (χ0n) is 17.2. The van der Waals surface area contributed by atoms with Gasteiger partial charge in [0.1, 0.15) is 22.8 Å². The highest BCUT2D eigenvalue weighted by molar-refractivity contribution is 5.94. The Labute approximate surface area is 179 Å². The Bertz CT molecular complexity index is 1290. The Morgan fingerprint density at radius 1 is 0.935 bits per heavy atom. The summed E-state index contributed by atoms with van der Waals surface area (Å²) in [6.45, 7) is 0. The Morgan fingerprint density at radius 2 is 1.71 bits per heavy atom. The van der Waals surface area contributed by atoms with E-state index in [0.717, 1.165) is 11.3 Å². The Morgan fingerprint density at radius 3 is 2.45 bits per heavy atom. The van der Waals surface area contributed by atoms with Crippen molar-refractivity contribution in [2.75, 3.05) is 19.5 Å². The smallest absolute Gasteiger partial charge is 0.228 e. The van der Waals surface area contributed by atoms with Gasteiger partial charge in [0, 0.05) is 17.8 Å². The fraction of sp³-hybridized carbons (Fsp3) is 0.120. The first-order valence-electron chi connectivity index (χ1n) is 9.71. The molecule has 1 aromatic heterocycles. The summed E-state index contributed by atoms with van der Waals surface area (Å²) in [5, 5.41) is 3.29. The van der Waals surface area contributed by atoms with Gasteiger partial charge < -0.3 is 19.2 Å². The number of rotatable bonds is 6. The highest BCUT2D eigenvalue weighted by atomic mass is 16.5. The number of nitrogens with one attached hydrogen (secondary N) is 1. The monoisotopic (exact) mass is 415 g/mol. The third kappa shape index (κ3) is 4.43. The number of fused-ring (bicyclic) bond motifs is 1. The average Bonchev–Trinajstić information content (AvgIpc) is 2.79. The molecule has 1 heterocycles. The van der Waals surface area contributed by atoms with Gasteiger partial charge in [0.05, 0.1) is 31.6 Å². The van der Waals surface area contributed by atoms with Crippen molar-refractivity contribution in [3.8, 4) is 22.8 Å². The molecular formula is C25H21NO5. The van der Waals surface area contributed by atoms with Gasteiger partial charge in [-0.2, -0.15) is 0 Å². The van der Waals surface area contributed by atoms with Gasteiger partial charge in [0.25, 0.3) is 0 Å². The molecule has 1 N–H and O–H groups in total. The SMILES string of the molecule is COc1ccc(CC(=O)Nc2ccc3c(=O)cc(-c4ccccc4OC)oc3c2)cc1. The molecule has 4 rings (SSSR count). The van der Waals surface area contributed by atoms with Crippen LogP contribution in [0.15, 0.2) is 82.0 Å². The Hall–Kier alpha value is -4.06. The Balaban J connectivity index is 1.60. The number of methoxy groups -OCH3 is 2. The van der Waals surface area contributed by atoms with Crippen molar-refractivity contribution in [3.63, 3.8) is 0 Å². The lowest BCUT2D eigenvalue weighted by atomic mass is 10.1. The zero-order valence-corrected chi connectivity index (χ0v) is 17.2. The lowest BCUT2D eigenvalue weighted by Gasteiger charge is -2.10. The lowest BCUT2D eigenvalue weighted by Crippen LogP contribution is -2.14. The van der Waals surface area contributed by atoms with Crippen LogP contribution in [0.3, 0.4) is 0 Å². The summed E-state index contributed by atoms with van der Waals surface area (Å²) < 4.78 is 16.5. The number of anilines is 1. The predicted molar refractivity (Wildman–Crippen MR) is 120 cm³/mol. The Kier molecular flexibility index (Phi) is 5.71. The predicted octanol–water partition coefficient (Wildman–Crippen LogP) is 4.66. The van der Waals surface area contributed by atoms with E-state index in [-0.39, 0.29) is 17.8 Å². The first-order valence-corrected chi connectivity index (χ1v) is 9.71. The zero-order chi connectivity index (χ0) is 21.8. The molecule has 6 heteroatoms. The van der Waals surface area contributed by atoms with Gasteiger partial charge in [0.2, 0.25) is 5.91 Å². The van der Waals surface area contributed by atoms with E-state index in [1.54, 1.807) is 38.5 Å². The minimum Gasteiger partial charge on any atom is -0.497 e. The second-order valence-electron chi connectivity index (χ2n) is 6.96. The second-order valence-corrected chi connectivity index (χ2v) is 6.96. The molecular weight excluding hydrogens is 394 g/mol. The van der Waals surface area contributed by atoms with Crippen LogP contribution < -0.4 is 20.2 Å². The summed E-state index contributed by atoms with van der Waals surface area (Å²) in [5.41, 5.74) is 2.31. The minimum absolute atomic E-state index is 0.168. The molecule has 6 nitrogen and oxygen atoms in total. The highest BCUT2D eigenvalue weighted by Crippen LogP contribution is 2.31. The number of amides is 1. The molecule has 0 aliphatic carbocycles. The maximum absolute atomic E-state index is 12.6. The topological polar surface area (TPSA) is 77.8 Å². The summed E-state index contributed by atoms with van der Waals surface area (Å²) in [7, 11) is 3.16. The van der Waals surface area contributed by atoms with Gasteiger partial charge in [-0.15, -0.1) is 0 Å². The summed E-state index contributed by atoms with van der Waals surface area (Å²) in [4.78, 5) is 25.1. The van der Waals surface area contributed by atoms with Crippen molar-refractivity contribution in [2.24, 2.45) is 0 Å². The van der Waals surface area contributed by atoms with Crippen LogP contribution in [-0.2, 0) is 11.2 Å². The van der Waals surface area contributed by atoms with Crippen LogP contribution in [0.2, 0.25) is 0 Å². The first-order chi connectivity index (χ1) is 15.1. The molecule has 0 radical (unpaired) electrons. The normalized spacial score (nSPS) is 10.6. The number of hydrogen-bond donors (Lipinski definition) is 1. The van der Waals surface area contributed by atoms with E-state index in [4.69, 9.17) is 13.9 Å². The summed E-state index contributed by atoms with van der Waals surface area (Å²) in [5.74, 6) is 1.57. The lowest BCUT2D eigenvalue weighted by molar-refractivity contribution is -0.115. The molecule has 0 aliphatic heterocycles. The van der Waals surface area contributed by atoms with Gasteiger partial charge in [-0.05, 0) is 42.0 Å². The summed E-state index contributed by atoms with van der Waals surface area (Å²) >= 11 is 0. The number of para-hydroxylation sites is 1. The van der Waals surface area contributed by atoms with Gasteiger partial charge in [-0.25, -0.2) is 0 Å². The van der Waals surface area contributed by atoms with Crippen LogP contribution in [0.5, 0.6) is 11.5 Å². The van der Waals surface area contributed by atoms with Crippen molar-refractivity contribution < 1.29 is 18.7 Å². The van der Waals surface area contributed by atoms with Crippen LogP contribution in [-0.4, -0.2) is 20.1 Å². The summed E-state index contributed by atoms with van der Waals surface area (Å²) in [6.07, 6.45) is 0.216. The van der Waals surface area contributed by atoms with Gasteiger partial charge in [0.15, 0.2) is 5.43 Å². The maximum atomic E-state index is 12.6. The molecule has 0 unspecified atom stereocenters. The van der Waals surface area contributed by atoms with Crippen molar-refractivity contribution in [1.29, 1.82) is 0 Å². The van der Waals surface area contributed by atoms with Crippen molar-refractivity contribution in [2.45, 2.75) is 6.42 Å². The van der Waals surface area contributed by atoms with E-state index < -0.39 is 0 Å². The van der Waals surface area contributed by atoms with Crippen molar-refractivity contribution in [3.05, 3.63) is 88.6 Å². The standard InChI is InChI=1S/C25H21NO5/c1-29-18-10-7-16(8-11-18)13-25(28)26-17-9-12-19-21(27)15-24(31-23(19)14-17)20-5-3-4-6-22(20)30-2/h3-12,14-15H,13H2,1-2H3,(H,26,28). The third-order valence-electron chi connectivity index (χ3n) is 4.91. The third-order valence-corrected chi connectivity index (χ3v) is 4.91. The van der Waals surface area contributed by atoms with Gasteiger partial charge in [-0.1, -0.05) is 24.3 Å². The number of carbonyl (C=O) groups excluding carboxylic acids is 1. The number of benzene rings is 3. The molecule has 0 saturated heterocycles. The van der Waals surface area contributed by atoms with Crippen molar-refractivity contribution >= 4 is 22.6 Å². The largest absolute Gasteiger partial charge is 0.497 e. The van der Waals surface area contributed by atoms with E-state index in [1.807, 2.05) is 42.5 Å². The molecule has 1 amide bonds. The number of carbonyl (C=O) groups is 1. The van der Waals surface area contributed by atoms with E-state index >= 15 is 0 Å². The fourth-order valence-corrected chi connectivity index (χ4v) is 3.35. The molecule has 4 aromatic rings. The van der Waals surface area contributed by atoms with Gasteiger partial charge >= 0.3 is 0 Å². The number of ether oxygens (including phenoxy) is 2. The number of hydrogen-bond acceptors (Lipinski definition) is 5. The van der Waals surface area contributed by atoms with E-state index in [2.05, 4.69) is 5.32 Å². The molecule has 31 heavy (non-hydrogen) atoms. The van der Waals surface area contributed by atoms with E-state index in [1.165, 1.54) is 6.07 Å². The van der Waals surface area contributed by atoms with E-state index in [9.17, 15) is 9.59 Å². The van der Waals surface area contributed by atoms with Crippen molar-refractivity contribution in [1.82, 2.24) is 0 Å². The van der Waals surface area contributed by atoms with E-state index in [0.29, 0.717) is 33.7 Å². The molecule has 0 spiro atoms. The van der Waals surface area contributed by atoms with Crippen LogP contribution in [0.1, 0.15) is 5.56 Å². The molecule has 0 saturated carbocycles. The molecule has 156 valence electrons. The highest BCUT2D eigenvalue weighted by Gasteiger charge is 2.12. The molecule has 3 aromatic carbocycles. The molecule has 0 fully saturated rings. The second kappa shape index (κ2) is 8.75. The quantitative estimate of drug-likeness (QED) is 0.496. The van der Waals surface area contributed by atoms with Gasteiger partial charge in [-0.3, -0.25) is 9.59 Å². The van der Waals surface area contributed by atoms with Crippen LogP contribution in [0.25, 0.3) is 22.3 Å². The molecule has 0 atom stereocenters. The molecule has 0 aliphatic rings. The first kappa shape index (κ1) is 20.2. The van der Waals surface area contributed by atoms with Crippen LogP contribution in [0, 0.1) is 0 Å². The summed E-state index contributed by atoms with van der Waals surface area (Å²) in [6, 6.07) is 21.1. The van der Waals surface area contributed by atoms with Crippen LogP contribution >= 0.6 is 0 Å². The average molecular weight is 415 g/mol. The minimum atomic E-state index is -0.173. The maximum Gasteiger partial charge on any atom is 0.228 e. The van der Waals surface area contributed by atoms with Crippen LogP contribution in [0.4, 0.5) is 5.69 Å². The fourth-order valence-electron chi connectivity index (χ4n) is 3.35.